The van der Waals surface area contributed by atoms with Crippen molar-refractivity contribution in [3.63, 3.8) is 0 Å². The maximum atomic E-state index is 10.8. The molecule has 0 aliphatic carbocycles. The number of rotatable bonds is 4. The summed E-state index contributed by atoms with van der Waals surface area (Å²) in [6.45, 7) is 0.227. The Morgan fingerprint density at radius 1 is 1.42 bits per heavy atom. The predicted octanol–water partition coefficient (Wildman–Crippen LogP) is 2.19. The highest BCUT2D eigenvalue weighted by Crippen LogP contribution is 2.18. The van der Waals surface area contributed by atoms with Gasteiger partial charge in [0.15, 0.2) is 0 Å². The van der Waals surface area contributed by atoms with Crippen LogP contribution in [0.1, 0.15) is 16.1 Å². The summed E-state index contributed by atoms with van der Waals surface area (Å²) in [7, 11) is 0. The monoisotopic (exact) mass is 281 g/mol. The molecule has 0 bridgehead atoms. The number of hydrogen-bond donors (Lipinski definition) is 1. The molecule has 0 aliphatic rings. The fourth-order valence-corrected chi connectivity index (χ4v) is 1.68. The van der Waals surface area contributed by atoms with Crippen LogP contribution in [0.5, 0.6) is 0 Å². The zero-order chi connectivity index (χ0) is 14.0. The van der Waals surface area contributed by atoms with Gasteiger partial charge in [0.1, 0.15) is 6.20 Å². The number of aromatic nitrogens is 2. The van der Waals surface area contributed by atoms with Crippen molar-refractivity contribution in [2.75, 3.05) is 0 Å². The van der Waals surface area contributed by atoms with E-state index in [0.29, 0.717) is 5.02 Å². The maximum Gasteiger partial charge on any atom is 0.363 e. The van der Waals surface area contributed by atoms with Crippen molar-refractivity contribution in [2.24, 2.45) is 0 Å². The number of benzene rings is 1. The van der Waals surface area contributed by atoms with Gasteiger partial charge in [0.05, 0.1) is 11.5 Å². The molecule has 0 amide bonds. The Kier molecular flexibility index (Phi) is 3.48. The van der Waals surface area contributed by atoms with Crippen molar-refractivity contribution in [3.8, 4) is 0 Å². The third-order valence-electron chi connectivity index (χ3n) is 2.40. The van der Waals surface area contributed by atoms with Crippen molar-refractivity contribution in [1.29, 1.82) is 0 Å². The minimum absolute atomic E-state index is 0.227. The van der Waals surface area contributed by atoms with Crippen LogP contribution in [0, 0.1) is 10.1 Å². The molecule has 0 atom stereocenters. The van der Waals surface area contributed by atoms with Crippen LogP contribution < -0.4 is 0 Å². The van der Waals surface area contributed by atoms with Crippen LogP contribution in [0.2, 0.25) is 5.02 Å². The van der Waals surface area contributed by atoms with E-state index < -0.39 is 22.3 Å². The van der Waals surface area contributed by atoms with Crippen molar-refractivity contribution >= 4 is 23.3 Å². The van der Waals surface area contributed by atoms with Crippen molar-refractivity contribution in [3.05, 3.63) is 56.9 Å². The first-order valence-electron chi connectivity index (χ1n) is 5.17. The maximum absolute atomic E-state index is 10.8. The van der Waals surface area contributed by atoms with Gasteiger partial charge in [0.25, 0.3) is 0 Å². The molecular formula is C11H8ClN3O4. The van der Waals surface area contributed by atoms with E-state index in [0.717, 1.165) is 11.8 Å². The van der Waals surface area contributed by atoms with E-state index in [-0.39, 0.29) is 6.54 Å². The van der Waals surface area contributed by atoms with Crippen LogP contribution in [0.15, 0.2) is 30.5 Å². The van der Waals surface area contributed by atoms with E-state index in [2.05, 4.69) is 5.10 Å². The second kappa shape index (κ2) is 5.07. The largest absolute Gasteiger partial charge is 0.476 e. The molecule has 0 radical (unpaired) electrons. The lowest BCUT2D eigenvalue weighted by molar-refractivity contribution is -0.385. The number of nitro groups is 1. The lowest BCUT2D eigenvalue weighted by Gasteiger charge is -2.00. The van der Waals surface area contributed by atoms with Gasteiger partial charge < -0.3 is 5.11 Å². The highest BCUT2D eigenvalue weighted by molar-refractivity contribution is 6.30. The van der Waals surface area contributed by atoms with Gasteiger partial charge in [-0.15, -0.1) is 0 Å². The molecule has 1 aromatic carbocycles. The summed E-state index contributed by atoms with van der Waals surface area (Å²) in [5.41, 5.74) is -0.292. The first kappa shape index (κ1) is 13.0. The summed E-state index contributed by atoms with van der Waals surface area (Å²) in [6, 6.07) is 6.81. The summed E-state index contributed by atoms with van der Waals surface area (Å²) >= 11 is 5.74. The van der Waals surface area contributed by atoms with Gasteiger partial charge in [-0.3, -0.25) is 14.8 Å². The first-order valence-corrected chi connectivity index (χ1v) is 5.55. The molecule has 7 nitrogen and oxygen atoms in total. The number of nitrogens with zero attached hydrogens (tertiary/aromatic N) is 3. The Bertz CT molecular complexity index is 604. The summed E-state index contributed by atoms with van der Waals surface area (Å²) < 4.78 is 1.21. The quantitative estimate of drug-likeness (QED) is 0.684. The Morgan fingerprint density at radius 2 is 2.05 bits per heavy atom. The minimum Gasteiger partial charge on any atom is -0.476 e. The second-order valence-electron chi connectivity index (χ2n) is 3.75. The van der Waals surface area contributed by atoms with Gasteiger partial charge in [-0.25, -0.2) is 4.79 Å². The van der Waals surface area contributed by atoms with Crippen LogP contribution in [0.3, 0.4) is 0 Å². The smallest absolute Gasteiger partial charge is 0.363 e. The molecule has 0 saturated heterocycles. The van der Waals surface area contributed by atoms with E-state index >= 15 is 0 Å². The minimum atomic E-state index is -1.43. The van der Waals surface area contributed by atoms with Crippen molar-refractivity contribution in [2.45, 2.75) is 6.54 Å². The van der Waals surface area contributed by atoms with E-state index in [1.807, 2.05) is 0 Å². The molecule has 0 saturated carbocycles. The lowest BCUT2D eigenvalue weighted by atomic mass is 10.2. The lowest BCUT2D eigenvalue weighted by Crippen LogP contribution is -2.04. The molecular weight excluding hydrogens is 274 g/mol. The molecule has 8 heteroatoms. The number of hydrogen-bond acceptors (Lipinski definition) is 4. The molecule has 0 fully saturated rings. The number of halogens is 1. The number of aromatic carboxylic acids is 1. The molecule has 0 unspecified atom stereocenters. The third kappa shape index (κ3) is 2.89. The van der Waals surface area contributed by atoms with Gasteiger partial charge in [-0.05, 0) is 17.7 Å². The molecule has 2 rings (SSSR count). The predicted molar refractivity (Wildman–Crippen MR) is 66.4 cm³/mol. The van der Waals surface area contributed by atoms with Crippen LogP contribution in [-0.4, -0.2) is 25.8 Å². The highest BCUT2D eigenvalue weighted by Gasteiger charge is 2.25. The van der Waals surface area contributed by atoms with Crippen LogP contribution in [-0.2, 0) is 6.54 Å². The number of carboxylic acid groups (broad SMARTS) is 1. The molecule has 0 spiro atoms. The van der Waals surface area contributed by atoms with Crippen LogP contribution in [0.25, 0.3) is 0 Å². The van der Waals surface area contributed by atoms with E-state index in [9.17, 15) is 14.9 Å². The Balaban J connectivity index is 2.31. The standard InChI is InChI=1S/C11H8ClN3O4/c12-8-3-1-7(2-4-8)5-14-6-9(15(18)19)10(13-14)11(16)17/h1-4,6H,5H2,(H,16,17). The fraction of sp³-hybridized carbons (Fsp3) is 0.0909. The molecule has 1 aromatic heterocycles. The van der Waals surface area contributed by atoms with Crippen molar-refractivity contribution < 1.29 is 14.8 Å². The molecule has 98 valence electrons. The Morgan fingerprint density at radius 3 is 2.53 bits per heavy atom. The molecule has 1 heterocycles. The highest BCUT2D eigenvalue weighted by atomic mass is 35.5. The Labute approximate surface area is 112 Å². The van der Waals surface area contributed by atoms with Gasteiger partial charge in [0.2, 0.25) is 5.69 Å². The average Bonchev–Trinajstić information content (AvgIpc) is 2.76. The SMILES string of the molecule is O=C(O)c1nn(Cc2ccc(Cl)cc2)cc1[N+](=O)[O-]. The average molecular weight is 282 g/mol. The van der Waals surface area contributed by atoms with E-state index in [1.54, 1.807) is 24.3 Å². The van der Waals surface area contributed by atoms with Crippen LogP contribution >= 0.6 is 11.6 Å². The molecule has 0 aliphatic heterocycles. The molecule has 1 N–H and O–H groups in total. The van der Waals surface area contributed by atoms with Crippen LogP contribution in [0.4, 0.5) is 5.69 Å². The molecule has 2 aromatic rings. The van der Waals surface area contributed by atoms with Gasteiger partial charge in [-0.1, -0.05) is 23.7 Å². The van der Waals surface area contributed by atoms with Gasteiger partial charge in [0, 0.05) is 5.02 Å². The van der Waals surface area contributed by atoms with E-state index in [4.69, 9.17) is 16.7 Å². The number of carbonyl (C=O) groups is 1. The summed E-state index contributed by atoms with van der Waals surface area (Å²) in [5.74, 6) is -1.43. The number of carboxylic acids is 1. The summed E-state index contributed by atoms with van der Waals surface area (Å²) in [4.78, 5) is 20.8. The summed E-state index contributed by atoms with van der Waals surface area (Å²) in [6.07, 6.45) is 1.10. The first-order chi connectivity index (χ1) is 8.97. The normalized spacial score (nSPS) is 10.4. The topological polar surface area (TPSA) is 98.3 Å². The van der Waals surface area contributed by atoms with Gasteiger partial charge >= 0.3 is 11.7 Å². The Hall–Kier alpha value is -2.41. The third-order valence-corrected chi connectivity index (χ3v) is 2.65. The fourth-order valence-electron chi connectivity index (χ4n) is 1.55. The summed E-state index contributed by atoms with van der Waals surface area (Å²) in [5, 5.41) is 23.8. The zero-order valence-electron chi connectivity index (χ0n) is 9.49. The van der Waals surface area contributed by atoms with Crippen molar-refractivity contribution in [1.82, 2.24) is 9.78 Å². The second-order valence-corrected chi connectivity index (χ2v) is 4.19. The van der Waals surface area contributed by atoms with E-state index in [1.165, 1.54) is 4.68 Å². The van der Waals surface area contributed by atoms with Gasteiger partial charge in [-0.2, -0.15) is 5.10 Å². The molecule has 19 heavy (non-hydrogen) atoms. The zero-order valence-corrected chi connectivity index (χ0v) is 10.2.